The highest BCUT2D eigenvalue weighted by Gasteiger charge is 2.43. The zero-order valence-corrected chi connectivity index (χ0v) is 19.6. The van der Waals surface area contributed by atoms with Crippen LogP contribution in [0, 0.1) is 12.3 Å². The van der Waals surface area contributed by atoms with Gasteiger partial charge in [0.25, 0.3) is 0 Å². The Labute approximate surface area is 207 Å². The number of aryl methyl sites for hydroxylation is 1. The molecule has 5 rings (SSSR count). The molecule has 1 aliphatic heterocycles. The van der Waals surface area contributed by atoms with Crippen LogP contribution in [-0.2, 0) is 4.79 Å². The molecule has 5 N–H and O–H groups in total. The molecular formula is C25H25N9O2. The van der Waals surface area contributed by atoms with E-state index in [1.54, 1.807) is 36.7 Å². The lowest BCUT2D eigenvalue weighted by Gasteiger charge is -2.39. The normalized spacial score (nSPS) is 13.9. The highest BCUT2D eigenvalue weighted by Crippen LogP contribution is 2.25. The second-order valence-electron chi connectivity index (χ2n) is 8.52. The average Bonchev–Trinajstić information content (AvgIpc) is 2.85. The highest BCUT2D eigenvalue weighted by atomic mass is 16.3. The third-order valence-electron chi connectivity index (χ3n) is 5.79. The molecule has 0 unspecified atom stereocenters. The van der Waals surface area contributed by atoms with Crippen LogP contribution in [0.5, 0.6) is 0 Å². The fourth-order valence-electron chi connectivity index (χ4n) is 3.64. The maximum absolute atomic E-state index is 12.5. The van der Waals surface area contributed by atoms with Gasteiger partial charge in [-0.3, -0.25) is 4.79 Å². The highest BCUT2D eigenvalue weighted by molar-refractivity contribution is 5.96. The molecule has 182 valence electrons. The molecule has 0 atom stereocenters. The summed E-state index contributed by atoms with van der Waals surface area (Å²) in [6.45, 7) is 2.67. The van der Waals surface area contributed by atoms with E-state index in [2.05, 4.69) is 46.2 Å². The Morgan fingerprint density at radius 1 is 0.917 bits per heavy atom. The van der Waals surface area contributed by atoms with Crippen molar-refractivity contribution in [2.45, 2.75) is 6.92 Å². The van der Waals surface area contributed by atoms with E-state index in [0.717, 1.165) is 11.4 Å². The van der Waals surface area contributed by atoms with Crippen molar-refractivity contribution < 1.29 is 9.90 Å². The van der Waals surface area contributed by atoms with E-state index in [-0.39, 0.29) is 12.5 Å². The molecule has 0 saturated carbocycles. The molecule has 1 saturated heterocycles. The van der Waals surface area contributed by atoms with Gasteiger partial charge in [-0.2, -0.15) is 4.98 Å². The fourth-order valence-corrected chi connectivity index (χ4v) is 3.64. The van der Waals surface area contributed by atoms with Gasteiger partial charge < -0.3 is 26.4 Å². The number of aliphatic hydroxyl groups is 1. The zero-order chi connectivity index (χ0) is 25.0. The number of aromatic nitrogens is 5. The van der Waals surface area contributed by atoms with Crippen molar-refractivity contribution in [2.75, 3.05) is 35.6 Å². The molecule has 1 fully saturated rings. The van der Waals surface area contributed by atoms with Crippen LogP contribution in [-0.4, -0.2) is 55.6 Å². The van der Waals surface area contributed by atoms with Crippen molar-refractivity contribution >= 4 is 34.9 Å². The molecule has 0 aliphatic carbocycles. The van der Waals surface area contributed by atoms with E-state index in [0.29, 0.717) is 47.9 Å². The number of aliphatic hydroxyl groups excluding tert-OH is 1. The van der Waals surface area contributed by atoms with Crippen LogP contribution in [0.3, 0.4) is 0 Å². The molecule has 11 nitrogen and oxygen atoms in total. The summed E-state index contributed by atoms with van der Waals surface area (Å²) < 4.78 is 0. The van der Waals surface area contributed by atoms with Gasteiger partial charge in [0, 0.05) is 42.6 Å². The molecule has 4 aromatic rings. The third kappa shape index (κ3) is 5.11. The van der Waals surface area contributed by atoms with E-state index in [9.17, 15) is 9.90 Å². The van der Waals surface area contributed by atoms with Gasteiger partial charge in [-0.15, -0.1) is 0 Å². The van der Waals surface area contributed by atoms with Crippen LogP contribution in [0.2, 0.25) is 0 Å². The number of rotatable bonds is 8. The average molecular weight is 484 g/mol. The Morgan fingerprint density at radius 2 is 1.64 bits per heavy atom. The van der Waals surface area contributed by atoms with Gasteiger partial charge in [-0.1, -0.05) is 6.07 Å². The smallest absolute Gasteiger partial charge is 0.235 e. The Bertz CT molecular complexity index is 1370. The lowest BCUT2D eigenvalue weighted by Crippen LogP contribution is -2.61. The van der Waals surface area contributed by atoms with Crippen molar-refractivity contribution in [3.05, 3.63) is 72.7 Å². The summed E-state index contributed by atoms with van der Waals surface area (Å²) in [6.07, 6.45) is 3.30. The minimum atomic E-state index is -0.751. The first-order chi connectivity index (χ1) is 17.5. The molecule has 1 amide bonds. The van der Waals surface area contributed by atoms with E-state index in [1.165, 1.54) is 0 Å². The summed E-state index contributed by atoms with van der Waals surface area (Å²) in [5.74, 6) is 1.85. The van der Waals surface area contributed by atoms with Crippen LogP contribution in [0.15, 0.2) is 67.0 Å². The van der Waals surface area contributed by atoms with Gasteiger partial charge >= 0.3 is 0 Å². The summed E-state index contributed by atoms with van der Waals surface area (Å²) in [5, 5.41) is 21.8. The first-order valence-electron chi connectivity index (χ1n) is 11.4. The van der Waals surface area contributed by atoms with Crippen molar-refractivity contribution in [1.82, 2.24) is 30.2 Å². The van der Waals surface area contributed by atoms with E-state index >= 15 is 0 Å². The van der Waals surface area contributed by atoms with Gasteiger partial charge in [0.2, 0.25) is 11.9 Å². The van der Waals surface area contributed by atoms with E-state index < -0.39 is 5.41 Å². The molecule has 4 heterocycles. The summed E-state index contributed by atoms with van der Waals surface area (Å²) in [5.41, 5.74) is 2.23. The summed E-state index contributed by atoms with van der Waals surface area (Å²) in [7, 11) is 0. The predicted molar refractivity (Wildman–Crippen MR) is 136 cm³/mol. The minimum absolute atomic E-state index is 0.188. The van der Waals surface area contributed by atoms with Crippen LogP contribution in [0.4, 0.5) is 29.0 Å². The number of hydrogen-bond acceptors (Lipinski definition) is 10. The standard InChI is InChI=1S/C25H25N9O2/c1-16-3-2-4-19(29-16)22-27-11-9-20(33-22)32-21-10-12-28-24(34-21)31-18-7-5-17(6-8-18)30-23(36)25(15-35)13-26-14-25/h2-12,26,35H,13-15H2,1H3,(H,30,36)(H2,27,28,31,32,33,34). The molecule has 0 radical (unpaired) electrons. The van der Waals surface area contributed by atoms with Crippen molar-refractivity contribution in [3.8, 4) is 11.5 Å². The molecule has 0 spiro atoms. The molecule has 36 heavy (non-hydrogen) atoms. The number of pyridine rings is 1. The van der Waals surface area contributed by atoms with Crippen LogP contribution < -0.4 is 21.3 Å². The lowest BCUT2D eigenvalue weighted by atomic mass is 9.81. The van der Waals surface area contributed by atoms with Gasteiger partial charge in [-0.25, -0.2) is 19.9 Å². The Kier molecular flexibility index (Phi) is 6.48. The van der Waals surface area contributed by atoms with Crippen LogP contribution >= 0.6 is 0 Å². The number of anilines is 5. The number of nitrogens with zero attached hydrogens (tertiary/aromatic N) is 5. The fraction of sp³-hybridized carbons (Fsp3) is 0.200. The Morgan fingerprint density at radius 3 is 2.33 bits per heavy atom. The first kappa shape index (κ1) is 23.3. The number of carbonyl (C=O) groups excluding carboxylic acids is 1. The van der Waals surface area contributed by atoms with Crippen molar-refractivity contribution in [3.63, 3.8) is 0 Å². The van der Waals surface area contributed by atoms with Gasteiger partial charge in [0.15, 0.2) is 5.82 Å². The van der Waals surface area contributed by atoms with Gasteiger partial charge in [0.1, 0.15) is 17.3 Å². The Balaban J connectivity index is 1.24. The van der Waals surface area contributed by atoms with Crippen LogP contribution in [0.1, 0.15) is 5.69 Å². The minimum Gasteiger partial charge on any atom is -0.395 e. The molecular weight excluding hydrogens is 458 g/mol. The maximum Gasteiger partial charge on any atom is 0.235 e. The number of carbonyl (C=O) groups is 1. The number of nitrogens with one attached hydrogen (secondary N) is 4. The van der Waals surface area contributed by atoms with Crippen molar-refractivity contribution in [2.24, 2.45) is 5.41 Å². The molecule has 0 bridgehead atoms. The largest absolute Gasteiger partial charge is 0.395 e. The number of benzene rings is 1. The monoisotopic (exact) mass is 483 g/mol. The molecule has 1 aromatic carbocycles. The summed E-state index contributed by atoms with van der Waals surface area (Å²) >= 11 is 0. The first-order valence-corrected chi connectivity index (χ1v) is 11.4. The van der Waals surface area contributed by atoms with Gasteiger partial charge in [0.05, 0.1) is 12.0 Å². The van der Waals surface area contributed by atoms with E-state index in [1.807, 2.05) is 37.3 Å². The lowest BCUT2D eigenvalue weighted by molar-refractivity contribution is -0.131. The zero-order valence-electron chi connectivity index (χ0n) is 19.6. The predicted octanol–water partition coefficient (Wildman–Crippen LogP) is 2.64. The maximum atomic E-state index is 12.5. The van der Waals surface area contributed by atoms with Crippen molar-refractivity contribution in [1.29, 1.82) is 0 Å². The second-order valence-corrected chi connectivity index (χ2v) is 8.52. The number of amides is 1. The SMILES string of the molecule is Cc1cccc(-c2nccc(Nc3ccnc(Nc4ccc(NC(=O)C5(CO)CNC5)cc4)n3)n2)n1. The summed E-state index contributed by atoms with van der Waals surface area (Å²) in [4.78, 5) is 34.6. The van der Waals surface area contributed by atoms with E-state index in [4.69, 9.17) is 0 Å². The number of hydrogen-bond donors (Lipinski definition) is 5. The third-order valence-corrected chi connectivity index (χ3v) is 5.79. The van der Waals surface area contributed by atoms with Crippen LogP contribution in [0.25, 0.3) is 11.5 Å². The molecule has 11 heteroatoms. The quantitative estimate of drug-likeness (QED) is 0.253. The Hall–Kier alpha value is -4.48. The second kappa shape index (κ2) is 10.0. The molecule has 1 aliphatic rings. The van der Waals surface area contributed by atoms with Gasteiger partial charge in [-0.05, 0) is 55.5 Å². The molecule has 3 aromatic heterocycles. The summed E-state index contributed by atoms with van der Waals surface area (Å²) in [6, 6.07) is 16.4. The topological polar surface area (TPSA) is 150 Å².